The second-order valence-electron chi connectivity index (χ2n) is 11.2. The lowest BCUT2D eigenvalue weighted by molar-refractivity contribution is -0.167. The van der Waals surface area contributed by atoms with Crippen LogP contribution in [0.1, 0.15) is 57.8 Å². The molecule has 0 unspecified atom stereocenters. The molecule has 2 saturated heterocycles. The maximum atomic E-state index is 13.7. The molecular formula is C24H35N3O6. The molecule has 3 amide bonds. The van der Waals surface area contributed by atoms with E-state index < -0.39 is 30.1 Å². The molecule has 6 fully saturated rings. The van der Waals surface area contributed by atoms with Gasteiger partial charge in [0, 0.05) is 32.0 Å². The van der Waals surface area contributed by atoms with E-state index in [0.717, 1.165) is 19.3 Å². The molecule has 6 aliphatic rings. The summed E-state index contributed by atoms with van der Waals surface area (Å²) in [5.41, 5.74) is 4.94. The highest BCUT2D eigenvalue weighted by molar-refractivity contribution is 5.90. The highest BCUT2D eigenvalue weighted by Gasteiger charge is 2.57. The number of ether oxygens (including phenoxy) is 1. The van der Waals surface area contributed by atoms with E-state index in [1.54, 1.807) is 9.80 Å². The van der Waals surface area contributed by atoms with Crippen molar-refractivity contribution >= 4 is 23.7 Å². The van der Waals surface area contributed by atoms with E-state index in [9.17, 15) is 24.3 Å². The smallest absolute Gasteiger partial charge is 0.329 e. The van der Waals surface area contributed by atoms with E-state index in [4.69, 9.17) is 10.5 Å². The molecule has 9 heteroatoms. The number of carbonyl (C=O) groups is 4. The Labute approximate surface area is 194 Å². The lowest BCUT2D eigenvalue weighted by atomic mass is 9.49. The number of aliphatic hydroxyl groups excluding tert-OH is 1. The minimum Gasteiger partial charge on any atom is -0.454 e. The van der Waals surface area contributed by atoms with Crippen molar-refractivity contribution in [2.75, 3.05) is 26.2 Å². The lowest BCUT2D eigenvalue weighted by Crippen LogP contribution is -2.56. The minimum atomic E-state index is -0.839. The SMILES string of the molecule is NC(=O)C1CCN(C(=O)COC(=O)[C@@H]2C[C@H](O)CN2C(=O)C23CC4CC(CC(C4)C2)C3)CC1. The quantitative estimate of drug-likeness (QED) is 0.571. The summed E-state index contributed by atoms with van der Waals surface area (Å²) < 4.78 is 5.34. The van der Waals surface area contributed by atoms with Gasteiger partial charge >= 0.3 is 5.97 Å². The maximum absolute atomic E-state index is 13.7. The predicted molar refractivity (Wildman–Crippen MR) is 116 cm³/mol. The highest BCUT2D eigenvalue weighted by atomic mass is 16.5. The summed E-state index contributed by atoms with van der Waals surface area (Å²) in [6.45, 7) is 0.562. The van der Waals surface area contributed by atoms with Crippen LogP contribution in [0.5, 0.6) is 0 Å². The Hall–Kier alpha value is -2.16. The van der Waals surface area contributed by atoms with Crippen LogP contribution in [0, 0.1) is 29.1 Å². The third-order valence-corrected chi connectivity index (χ3v) is 8.89. The molecule has 0 radical (unpaired) electrons. The number of rotatable bonds is 5. The number of nitrogens with zero attached hydrogens (tertiary/aromatic N) is 2. The average Bonchev–Trinajstić information content (AvgIpc) is 3.17. The van der Waals surface area contributed by atoms with Crippen LogP contribution in [0.25, 0.3) is 0 Å². The minimum absolute atomic E-state index is 0.0000458. The molecule has 0 aromatic rings. The standard InChI is InChI=1S/C24H35N3O6/c25-21(30)17-1-3-26(4-2-17)20(29)13-33-22(31)19-8-18(28)12-27(19)23(32)24-9-14-5-15(10-24)7-16(6-14)11-24/h14-19,28H,1-13H2,(H2,25,30)/t14?,15?,16?,18-,19-,24?/m0/s1. The van der Waals surface area contributed by atoms with Gasteiger partial charge in [-0.2, -0.15) is 0 Å². The maximum Gasteiger partial charge on any atom is 0.329 e. The first-order valence-electron chi connectivity index (χ1n) is 12.5. The lowest BCUT2D eigenvalue weighted by Gasteiger charge is -2.56. The Balaban J connectivity index is 1.19. The van der Waals surface area contributed by atoms with Gasteiger partial charge in [-0.05, 0) is 69.1 Å². The van der Waals surface area contributed by atoms with Gasteiger partial charge in [-0.3, -0.25) is 14.4 Å². The molecule has 33 heavy (non-hydrogen) atoms. The summed E-state index contributed by atoms with van der Waals surface area (Å²) in [5.74, 6) is 0.310. The number of aliphatic hydroxyl groups is 1. The zero-order valence-electron chi connectivity index (χ0n) is 19.1. The van der Waals surface area contributed by atoms with Gasteiger partial charge in [-0.15, -0.1) is 0 Å². The first-order chi connectivity index (χ1) is 15.7. The summed E-state index contributed by atoms with van der Waals surface area (Å²) in [4.78, 5) is 53.6. The van der Waals surface area contributed by atoms with Gasteiger partial charge in [0.25, 0.3) is 5.91 Å². The number of nitrogens with two attached hydrogens (primary N) is 1. The fraction of sp³-hybridized carbons (Fsp3) is 0.833. The van der Waals surface area contributed by atoms with Crippen molar-refractivity contribution in [2.24, 2.45) is 34.8 Å². The fourth-order valence-electron chi connectivity index (χ4n) is 7.67. The zero-order chi connectivity index (χ0) is 23.3. The molecule has 4 bridgehead atoms. The molecule has 4 saturated carbocycles. The summed E-state index contributed by atoms with van der Waals surface area (Å²) in [6.07, 6.45) is 6.76. The second kappa shape index (κ2) is 8.56. The van der Waals surface area contributed by atoms with Gasteiger partial charge in [0.15, 0.2) is 6.61 Å². The molecule has 2 atom stereocenters. The second-order valence-corrected chi connectivity index (χ2v) is 11.2. The third kappa shape index (κ3) is 4.24. The van der Waals surface area contributed by atoms with Crippen molar-refractivity contribution in [2.45, 2.75) is 69.9 Å². The molecule has 182 valence electrons. The molecule has 4 aliphatic carbocycles. The van der Waals surface area contributed by atoms with Crippen LogP contribution >= 0.6 is 0 Å². The van der Waals surface area contributed by atoms with Gasteiger partial charge in [0.05, 0.1) is 11.5 Å². The molecular weight excluding hydrogens is 426 g/mol. The summed E-state index contributed by atoms with van der Waals surface area (Å²) in [6, 6.07) is -0.839. The summed E-state index contributed by atoms with van der Waals surface area (Å²) in [5, 5.41) is 10.3. The molecule has 0 aromatic heterocycles. The number of hydrogen-bond donors (Lipinski definition) is 2. The summed E-state index contributed by atoms with van der Waals surface area (Å²) >= 11 is 0. The van der Waals surface area contributed by atoms with Crippen molar-refractivity contribution in [1.82, 2.24) is 9.80 Å². The van der Waals surface area contributed by atoms with Crippen molar-refractivity contribution in [3.63, 3.8) is 0 Å². The van der Waals surface area contributed by atoms with Crippen LogP contribution in [0.4, 0.5) is 0 Å². The number of amides is 3. The van der Waals surface area contributed by atoms with E-state index in [0.29, 0.717) is 43.7 Å². The van der Waals surface area contributed by atoms with Crippen LogP contribution in [0.15, 0.2) is 0 Å². The Morgan fingerprint density at radius 3 is 2.06 bits per heavy atom. The molecule has 2 heterocycles. The van der Waals surface area contributed by atoms with Crippen LogP contribution in [0.3, 0.4) is 0 Å². The van der Waals surface area contributed by atoms with Crippen molar-refractivity contribution in [3.8, 4) is 0 Å². The number of carbonyl (C=O) groups excluding carboxylic acids is 4. The Morgan fingerprint density at radius 2 is 1.52 bits per heavy atom. The summed E-state index contributed by atoms with van der Waals surface area (Å²) in [7, 11) is 0. The Kier molecular flexibility index (Phi) is 5.87. The molecule has 9 nitrogen and oxygen atoms in total. The van der Waals surface area contributed by atoms with E-state index in [-0.39, 0.29) is 36.6 Å². The van der Waals surface area contributed by atoms with E-state index in [1.165, 1.54) is 19.3 Å². The van der Waals surface area contributed by atoms with Crippen molar-refractivity contribution in [1.29, 1.82) is 0 Å². The number of hydrogen-bond acceptors (Lipinski definition) is 6. The monoisotopic (exact) mass is 461 g/mol. The molecule has 0 spiro atoms. The molecule has 0 aromatic carbocycles. The topological polar surface area (TPSA) is 130 Å². The van der Waals surface area contributed by atoms with Crippen LogP contribution in [-0.2, 0) is 23.9 Å². The van der Waals surface area contributed by atoms with Crippen molar-refractivity contribution < 1.29 is 29.0 Å². The van der Waals surface area contributed by atoms with Crippen LogP contribution in [-0.4, -0.2) is 77.0 Å². The van der Waals surface area contributed by atoms with E-state index in [1.807, 2.05) is 0 Å². The number of β-amino-alcohol motifs (C(OH)–C–C–N with tert-alkyl or cyclic N) is 1. The average molecular weight is 462 g/mol. The first kappa shape index (κ1) is 22.6. The normalized spacial score (nSPS) is 37.9. The largest absolute Gasteiger partial charge is 0.454 e. The molecule has 2 aliphatic heterocycles. The van der Waals surface area contributed by atoms with Gasteiger partial charge in [0.2, 0.25) is 11.8 Å². The van der Waals surface area contributed by atoms with Gasteiger partial charge in [-0.25, -0.2) is 4.79 Å². The van der Waals surface area contributed by atoms with Crippen molar-refractivity contribution in [3.05, 3.63) is 0 Å². The Morgan fingerprint density at radius 1 is 0.939 bits per heavy atom. The predicted octanol–water partition coefficient (Wildman–Crippen LogP) is 0.432. The van der Waals surface area contributed by atoms with Gasteiger partial charge < -0.3 is 25.4 Å². The Bertz CT molecular complexity index is 801. The number of esters is 1. The van der Waals surface area contributed by atoms with E-state index >= 15 is 0 Å². The number of likely N-dealkylation sites (tertiary alicyclic amines) is 2. The fourth-order valence-corrected chi connectivity index (χ4v) is 7.67. The van der Waals surface area contributed by atoms with E-state index in [2.05, 4.69) is 0 Å². The first-order valence-corrected chi connectivity index (χ1v) is 12.5. The molecule has 3 N–H and O–H groups in total. The number of primary amides is 1. The highest BCUT2D eigenvalue weighted by Crippen LogP contribution is 2.60. The number of piperidine rings is 1. The zero-order valence-corrected chi connectivity index (χ0v) is 19.1. The molecule has 6 rings (SSSR count). The van der Waals surface area contributed by atoms with Gasteiger partial charge in [-0.1, -0.05) is 0 Å². The third-order valence-electron chi connectivity index (χ3n) is 8.89. The van der Waals surface area contributed by atoms with Crippen LogP contribution in [0.2, 0.25) is 0 Å². The van der Waals surface area contributed by atoms with Crippen LogP contribution < -0.4 is 5.73 Å². The van der Waals surface area contributed by atoms with Gasteiger partial charge in [0.1, 0.15) is 6.04 Å².